The molecule has 1 saturated heterocycles. The minimum Gasteiger partial charge on any atom is -0.497 e. The van der Waals surface area contributed by atoms with Crippen LogP contribution >= 0.6 is 0 Å². The van der Waals surface area contributed by atoms with Gasteiger partial charge in [0.05, 0.1) is 20.3 Å². The van der Waals surface area contributed by atoms with Gasteiger partial charge in [-0.15, -0.1) is 0 Å². The van der Waals surface area contributed by atoms with Crippen LogP contribution < -0.4 is 25.6 Å². The Morgan fingerprint density at radius 1 is 1.15 bits per heavy atom. The Morgan fingerprint density at radius 3 is 2.52 bits per heavy atom. The van der Waals surface area contributed by atoms with Gasteiger partial charge >= 0.3 is 5.69 Å². The molecule has 1 unspecified atom stereocenters. The Kier molecular flexibility index (Phi) is 4.95. The molecule has 142 valence electrons. The molecule has 1 fully saturated rings. The van der Waals surface area contributed by atoms with Crippen molar-refractivity contribution in [1.82, 2.24) is 9.13 Å². The summed E-state index contributed by atoms with van der Waals surface area (Å²) >= 11 is 0. The summed E-state index contributed by atoms with van der Waals surface area (Å²) in [5.41, 5.74) is -0.184. The maximum absolute atomic E-state index is 12.5. The smallest absolute Gasteiger partial charge is 0.332 e. The normalized spacial score (nSPS) is 16.3. The molecule has 1 aliphatic rings. The van der Waals surface area contributed by atoms with Crippen LogP contribution in [0.2, 0.25) is 0 Å². The monoisotopic (exact) mass is 370 g/mol. The lowest BCUT2D eigenvalue weighted by Crippen LogP contribution is -2.42. The average Bonchev–Trinajstić information content (AvgIpc) is 3.17. The van der Waals surface area contributed by atoms with E-state index in [1.165, 1.54) is 11.6 Å². The van der Waals surface area contributed by atoms with Crippen LogP contribution in [0.4, 0.5) is 5.82 Å². The molecular formula is C19H22N4O4. The molecule has 3 rings (SSSR count). The number of aromatic nitrogens is 2. The van der Waals surface area contributed by atoms with Crippen LogP contribution in [-0.4, -0.2) is 29.9 Å². The topological polar surface area (TPSA) is 89.5 Å². The number of nitriles is 1. The zero-order valence-corrected chi connectivity index (χ0v) is 15.9. The van der Waals surface area contributed by atoms with Crippen molar-refractivity contribution in [3.05, 3.63) is 50.2 Å². The van der Waals surface area contributed by atoms with E-state index < -0.39 is 11.2 Å². The fourth-order valence-electron chi connectivity index (χ4n) is 3.71. The first-order valence-electron chi connectivity index (χ1n) is 8.63. The van der Waals surface area contributed by atoms with Gasteiger partial charge in [0.25, 0.3) is 5.56 Å². The van der Waals surface area contributed by atoms with Crippen LogP contribution in [-0.2, 0) is 14.1 Å². The molecule has 0 radical (unpaired) electrons. The molecular weight excluding hydrogens is 348 g/mol. The van der Waals surface area contributed by atoms with Gasteiger partial charge in [0.15, 0.2) is 5.56 Å². The highest BCUT2D eigenvalue weighted by atomic mass is 16.5. The van der Waals surface area contributed by atoms with Crippen LogP contribution in [0.25, 0.3) is 0 Å². The summed E-state index contributed by atoms with van der Waals surface area (Å²) in [5, 5.41) is 9.59. The van der Waals surface area contributed by atoms with E-state index in [2.05, 4.69) is 0 Å². The summed E-state index contributed by atoms with van der Waals surface area (Å²) in [7, 11) is 6.15. The molecule has 27 heavy (non-hydrogen) atoms. The standard InChI is InChI=1S/C19H22N4O4/c1-21-17(14(11-20)18(24)22(2)19(21)25)23-9-5-6-15(23)13-10-12(26-3)7-8-16(13)27-4/h7-8,10,15H,5-6,9H2,1-4H3. The molecule has 0 spiro atoms. The van der Waals surface area contributed by atoms with Crippen molar-refractivity contribution in [2.75, 3.05) is 25.7 Å². The highest BCUT2D eigenvalue weighted by Crippen LogP contribution is 2.41. The molecule has 1 aromatic heterocycles. The first-order valence-corrected chi connectivity index (χ1v) is 8.63. The quantitative estimate of drug-likeness (QED) is 0.806. The van der Waals surface area contributed by atoms with Crippen molar-refractivity contribution < 1.29 is 9.47 Å². The van der Waals surface area contributed by atoms with E-state index in [4.69, 9.17) is 9.47 Å². The third kappa shape index (κ3) is 2.95. The third-order valence-electron chi connectivity index (χ3n) is 5.07. The lowest BCUT2D eigenvalue weighted by molar-refractivity contribution is 0.395. The summed E-state index contributed by atoms with van der Waals surface area (Å²) in [5.74, 6) is 1.73. The van der Waals surface area contributed by atoms with Crippen molar-refractivity contribution in [3.8, 4) is 17.6 Å². The molecule has 2 heterocycles. The van der Waals surface area contributed by atoms with Gasteiger partial charge in [0.1, 0.15) is 23.4 Å². The Bertz CT molecular complexity index is 1030. The molecule has 2 aromatic rings. The zero-order valence-electron chi connectivity index (χ0n) is 15.9. The van der Waals surface area contributed by atoms with E-state index in [1.807, 2.05) is 29.2 Å². The number of ether oxygens (including phenoxy) is 2. The lowest BCUT2D eigenvalue weighted by Gasteiger charge is -2.30. The van der Waals surface area contributed by atoms with E-state index in [9.17, 15) is 14.9 Å². The van der Waals surface area contributed by atoms with Crippen molar-refractivity contribution in [3.63, 3.8) is 0 Å². The van der Waals surface area contributed by atoms with Crippen molar-refractivity contribution in [2.45, 2.75) is 18.9 Å². The predicted molar refractivity (Wildman–Crippen MR) is 101 cm³/mol. The molecule has 0 N–H and O–H groups in total. The fourth-order valence-corrected chi connectivity index (χ4v) is 3.71. The number of hydrogen-bond acceptors (Lipinski definition) is 6. The number of methoxy groups -OCH3 is 2. The number of benzene rings is 1. The fraction of sp³-hybridized carbons (Fsp3) is 0.421. The highest BCUT2D eigenvalue weighted by molar-refractivity contribution is 5.57. The van der Waals surface area contributed by atoms with Gasteiger partial charge in [-0.25, -0.2) is 4.79 Å². The van der Waals surface area contributed by atoms with Gasteiger partial charge < -0.3 is 14.4 Å². The molecule has 0 aliphatic carbocycles. The first kappa shape index (κ1) is 18.6. The summed E-state index contributed by atoms with van der Waals surface area (Å²) in [4.78, 5) is 26.9. The Balaban J connectivity index is 2.22. The largest absolute Gasteiger partial charge is 0.497 e. The first-order chi connectivity index (χ1) is 12.9. The molecule has 0 saturated carbocycles. The van der Waals surface area contributed by atoms with Crippen molar-refractivity contribution in [2.24, 2.45) is 14.1 Å². The van der Waals surface area contributed by atoms with Crippen LogP contribution in [0, 0.1) is 11.3 Å². The Labute approximate surface area is 156 Å². The van der Waals surface area contributed by atoms with E-state index >= 15 is 0 Å². The maximum Gasteiger partial charge on any atom is 0.332 e. The van der Waals surface area contributed by atoms with E-state index in [0.717, 1.165) is 23.0 Å². The maximum atomic E-state index is 12.5. The second kappa shape index (κ2) is 7.19. The number of hydrogen-bond donors (Lipinski definition) is 0. The highest BCUT2D eigenvalue weighted by Gasteiger charge is 2.33. The van der Waals surface area contributed by atoms with Crippen molar-refractivity contribution >= 4 is 5.82 Å². The minimum absolute atomic E-state index is 0.0339. The van der Waals surface area contributed by atoms with E-state index in [1.54, 1.807) is 21.3 Å². The molecule has 1 aromatic carbocycles. The predicted octanol–water partition coefficient (Wildman–Crippen LogP) is 1.31. The average molecular weight is 370 g/mol. The summed E-state index contributed by atoms with van der Waals surface area (Å²) in [6.45, 7) is 0.625. The van der Waals surface area contributed by atoms with Gasteiger partial charge in [-0.1, -0.05) is 0 Å². The van der Waals surface area contributed by atoms with Crippen molar-refractivity contribution in [1.29, 1.82) is 5.26 Å². The summed E-state index contributed by atoms with van der Waals surface area (Å²) in [6.07, 6.45) is 1.66. The summed E-state index contributed by atoms with van der Waals surface area (Å²) < 4.78 is 13.2. The van der Waals surface area contributed by atoms with Gasteiger partial charge in [-0.2, -0.15) is 5.26 Å². The van der Waals surface area contributed by atoms with Gasteiger partial charge in [-0.3, -0.25) is 13.9 Å². The van der Waals surface area contributed by atoms with E-state index in [0.29, 0.717) is 23.9 Å². The molecule has 8 heteroatoms. The molecule has 1 atom stereocenters. The summed E-state index contributed by atoms with van der Waals surface area (Å²) in [6, 6.07) is 7.39. The Hall–Kier alpha value is -3.21. The van der Waals surface area contributed by atoms with Crippen LogP contribution in [0.5, 0.6) is 11.5 Å². The minimum atomic E-state index is -0.584. The van der Waals surface area contributed by atoms with Gasteiger partial charge in [0.2, 0.25) is 0 Å². The molecule has 8 nitrogen and oxygen atoms in total. The van der Waals surface area contributed by atoms with Gasteiger partial charge in [-0.05, 0) is 31.0 Å². The van der Waals surface area contributed by atoms with Gasteiger partial charge in [0, 0.05) is 26.2 Å². The molecule has 1 aliphatic heterocycles. The second-order valence-electron chi connectivity index (χ2n) is 6.48. The third-order valence-corrected chi connectivity index (χ3v) is 5.07. The van der Waals surface area contributed by atoms with Crippen LogP contribution in [0.15, 0.2) is 27.8 Å². The second-order valence-corrected chi connectivity index (χ2v) is 6.48. The number of nitrogens with zero attached hydrogens (tertiary/aromatic N) is 4. The van der Waals surface area contributed by atoms with Crippen LogP contribution in [0.1, 0.15) is 30.0 Å². The lowest BCUT2D eigenvalue weighted by atomic mass is 10.0. The Morgan fingerprint density at radius 2 is 1.89 bits per heavy atom. The number of rotatable bonds is 4. The SMILES string of the molecule is COc1ccc(OC)c(C2CCCN2c2c(C#N)c(=O)n(C)c(=O)n2C)c1. The van der Waals surface area contributed by atoms with Crippen LogP contribution in [0.3, 0.4) is 0 Å². The zero-order chi connectivity index (χ0) is 19.7. The molecule has 0 amide bonds. The molecule has 0 bridgehead atoms. The number of anilines is 1. The van der Waals surface area contributed by atoms with E-state index in [-0.39, 0.29) is 11.6 Å².